The maximum absolute atomic E-state index is 13.4. The van der Waals surface area contributed by atoms with Crippen LogP contribution in [0.3, 0.4) is 0 Å². The number of carbonyl (C=O) groups excluding carboxylic acids is 2. The highest BCUT2D eigenvalue weighted by molar-refractivity contribution is 6.00. The van der Waals surface area contributed by atoms with Crippen LogP contribution in [0.5, 0.6) is 0 Å². The van der Waals surface area contributed by atoms with E-state index in [4.69, 9.17) is 4.74 Å². The summed E-state index contributed by atoms with van der Waals surface area (Å²) in [5.74, 6) is 2.12. The van der Waals surface area contributed by atoms with Crippen LogP contribution < -0.4 is 0 Å². The van der Waals surface area contributed by atoms with E-state index in [-0.39, 0.29) is 33.4 Å². The zero-order valence-corrected chi connectivity index (χ0v) is 23.7. The molecule has 4 nitrogen and oxygen atoms in total. The standard InChI is InChI=1S/C32H48O4/c1-19(2)21-11-14-32(27(35)36-8)16-15-30(6)22(25(21)32)9-10-24-29(5)17-20(18-33)26(34)28(3,4)23(29)12-13-31(24,30)7/h18,21-25,33H,1,9-17H2,2-8H3/b20-18-/t21-,22+,23-,24-,25-,29-,30+,31+,32-/m0/s1. The summed E-state index contributed by atoms with van der Waals surface area (Å²) in [4.78, 5) is 26.7. The molecule has 5 rings (SSSR count). The third kappa shape index (κ3) is 2.94. The van der Waals surface area contributed by atoms with Gasteiger partial charge in [0, 0.05) is 11.0 Å². The number of hydrogen-bond donors (Lipinski definition) is 1. The summed E-state index contributed by atoms with van der Waals surface area (Å²) >= 11 is 0. The minimum atomic E-state index is -0.455. The molecule has 0 bridgehead atoms. The second kappa shape index (κ2) is 7.96. The number of rotatable bonds is 2. The first-order valence-electron chi connectivity index (χ1n) is 14.4. The Morgan fingerprint density at radius 2 is 1.67 bits per heavy atom. The molecule has 5 saturated carbocycles. The SMILES string of the molecule is C=C(C)[C@@H]1CC[C@]2(C(=O)OC)CC[C@]3(C)[C@H](CC[C@H]4[C@@]5(C)C/C(=C/O)C(=O)C(C)(C)[C@@H]5CC[C@]43C)[C@H]12. The number of methoxy groups -OCH3 is 1. The second-order valence-electron chi connectivity index (χ2n) is 14.7. The molecule has 0 amide bonds. The molecule has 1 N–H and O–H groups in total. The molecule has 0 aromatic heterocycles. The van der Waals surface area contributed by atoms with Gasteiger partial charge in [-0.05, 0) is 111 Å². The Labute approximate surface area is 218 Å². The van der Waals surface area contributed by atoms with Crippen molar-refractivity contribution in [1.29, 1.82) is 0 Å². The van der Waals surface area contributed by atoms with Gasteiger partial charge < -0.3 is 9.84 Å². The van der Waals surface area contributed by atoms with E-state index in [1.165, 1.54) is 5.57 Å². The summed E-state index contributed by atoms with van der Waals surface area (Å²) in [5.41, 5.74) is 1.25. The zero-order chi connectivity index (χ0) is 26.5. The van der Waals surface area contributed by atoms with Crippen molar-refractivity contribution in [3.8, 4) is 0 Å². The Hall–Kier alpha value is -1.58. The van der Waals surface area contributed by atoms with Crippen LogP contribution in [0.2, 0.25) is 0 Å². The average molecular weight is 497 g/mol. The number of fused-ring (bicyclic) bond motifs is 7. The van der Waals surface area contributed by atoms with Gasteiger partial charge in [0.2, 0.25) is 0 Å². The molecule has 36 heavy (non-hydrogen) atoms. The Balaban J connectivity index is 1.59. The Kier molecular flexibility index (Phi) is 5.76. The van der Waals surface area contributed by atoms with Crippen molar-refractivity contribution in [1.82, 2.24) is 0 Å². The van der Waals surface area contributed by atoms with Crippen LogP contribution >= 0.6 is 0 Å². The summed E-state index contributed by atoms with van der Waals surface area (Å²) in [7, 11) is 1.56. The molecule has 0 aromatic carbocycles. The smallest absolute Gasteiger partial charge is 0.312 e. The lowest BCUT2D eigenvalue weighted by molar-refractivity contribution is -0.232. The third-order valence-corrected chi connectivity index (χ3v) is 13.4. The lowest BCUT2D eigenvalue weighted by Crippen LogP contribution is -2.67. The fraction of sp³-hybridized carbons (Fsp3) is 0.812. The van der Waals surface area contributed by atoms with Crippen molar-refractivity contribution in [3.05, 3.63) is 24.0 Å². The molecular formula is C32H48O4. The number of ketones is 1. The molecule has 0 radical (unpaired) electrons. The predicted molar refractivity (Wildman–Crippen MR) is 142 cm³/mol. The summed E-state index contributed by atoms with van der Waals surface area (Å²) in [6.45, 7) is 18.3. The third-order valence-electron chi connectivity index (χ3n) is 13.4. The van der Waals surface area contributed by atoms with Gasteiger partial charge in [0.1, 0.15) is 0 Å². The largest absolute Gasteiger partial charge is 0.515 e. The topological polar surface area (TPSA) is 63.6 Å². The number of ether oxygens (including phenoxy) is 1. The molecule has 0 aromatic rings. The number of aliphatic hydroxyl groups excluding tert-OH is 1. The van der Waals surface area contributed by atoms with Crippen LogP contribution in [0.15, 0.2) is 24.0 Å². The number of aliphatic hydroxyl groups is 1. The molecular weight excluding hydrogens is 448 g/mol. The van der Waals surface area contributed by atoms with E-state index in [1.54, 1.807) is 7.11 Å². The van der Waals surface area contributed by atoms with Crippen molar-refractivity contribution < 1.29 is 19.4 Å². The van der Waals surface area contributed by atoms with Gasteiger partial charge >= 0.3 is 5.97 Å². The zero-order valence-electron chi connectivity index (χ0n) is 23.7. The van der Waals surface area contributed by atoms with Gasteiger partial charge in [-0.25, -0.2) is 0 Å². The first-order valence-corrected chi connectivity index (χ1v) is 14.4. The highest BCUT2D eigenvalue weighted by Gasteiger charge is 2.72. The molecule has 5 aliphatic rings. The second-order valence-corrected chi connectivity index (χ2v) is 14.7. The van der Waals surface area contributed by atoms with Crippen molar-refractivity contribution >= 4 is 11.8 Å². The summed E-state index contributed by atoms with van der Waals surface area (Å²) in [6.07, 6.45) is 10.2. The van der Waals surface area contributed by atoms with E-state index >= 15 is 0 Å². The molecule has 0 saturated heterocycles. The van der Waals surface area contributed by atoms with E-state index in [9.17, 15) is 14.7 Å². The molecule has 0 aliphatic heterocycles. The highest BCUT2D eigenvalue weighted by Crippen LogP contribution is 2.77. The molecule has 9 atom stereocenters. The first kappa shape index (κ1) is 26.0. The summed E-state index contributed by atoms with van der Waals surface area (Å²) in [5, 5.41) is 10.0. The van der Waals surface area contributed by atoms with Crippen LogP contribution in [0.25, 0.3) is 0 Å². The minimum Gasteiger partial charge on any atom is -0.515 e. The summed E-state index contributed by atoms with van der Waals surface area (Å²) in [6, 6.07) is 0. The van der Waals surface area contributed by atoms with E-state index in [1.807, 2.05) is 0 Å². The van der Waals surface area contributed by atoms with Gasteiger partial charge in [-0.2, -0.15) is 0 Å². The number of Topliss-reactive ketones (excluding diaryl/α,β-unsaturated/α-hetero) is 1. The number of esters is 1. The molecule has 5 fully saturated rings. The van der Waals surface area contributed by atoms with E-state index in [0.717, 1.165) is 57.6 Å². The van der Waals surface area contributed by atoms with Gasteiger partial charge in [0.15, 0.2) is 5.78 Å². The Bertz CT molecular complexity index is 1020. The van der Waals surface area contributed by atoms with Gasteiger partial charge in [0.25, 0.3) is 0 Å². The monoisotopic (exact) mass is 496 g/mol. The van der Waals surface area contributed by atoms with Crippen molar-refractivity contribution in [2.75, 3.05) is 7.11 Å². The fourth-order valence-corrected chi connectivity index (χ4v) is 11.7. The average Bonchev–Trinajstić information content (AvgIpc) is 3.22. The lowest BCUT2D eigenvalue weighted by Gasteiger charge is -2.72. The molecule has 5 aliphatic carbocycles. The molecule has 0 unspecified atom stereocenters. The van der Waals surface area contributed by atoms with E-state index in [2.05, 4.69) is 48.1 Å². The first-order chi connectivity index (χ1) is 16.7. The maximum Gasteiger partial charge on any atom is 0.312 e. The van der Waals surface area contributed by atoms with Gasteiger partial charge in [-0.3, -0.25) is 9.59 Å². The number of allylic oxidation sites excluding steroid dienone is 2. The number of carbonyl (C=O) groups is 2. The van der Waals surface area contributed by atoms with E-state index in [0.29, 0.717) is 41.6 Å². The number of hydrogen-bond acceptors (Lipinski definition) is 4. The van der Waals surface area contributed by atoms with Crippen molar-refractivity contribution in [2.45, 2.75) is 99.3 Å². The van der Waals surface area contributed by atoms with Gasteiger partial charge in [-0.15, -0.1) is 0 Å². The lowest BCUT2D eigenvalue weighted by atomic mass is 9.32. The van der Waals surface area contributed by atoms with E-state index < -0.39 is 5.41 Å². The fourth-order valence-electron chi connectivity index (χ4n) is 11.7. The van der Waals surface area contributed by atoms with Gasteiger partial charge in [-0.1, -0.05) is 46.8 Å². The maximum atomic E-state index is 13.4. The van der Waals surface area contributed by atoms with Crippen LogP contribution in [0.1, 0.15) is 99.3 Å². The van der Waals surface area contributed by atoms with Crippen molar-refractivity contribution in [2.24, 2.45) is 56.7 Å². The normalized spacial score (nSPS) is 50.5. The molecule has 200 valence electrons. The predicted octanol–water partition coefficient (Wildman–Crippen LogP) is 7.44. The van der Waals surface area contributed by atoms with Crippen LogP contribution in [0.4, 0.5) is 0 Å². The van der Waals surface area contributed by atoms with Crippen LogP contribution in [-0.4, -0.2) is 24.0 Å². The molecule has 4 heteroatoms. The van der Waals surface area contributed by atoms with Crippen LogP contribution in [-0.2, 0) is 14.3 Å². The Morgan fingerprint density at radius 1 is 0.972 bits per heavy atom. The van der Waals surface area contributed by atoms with Crippen molar-refractivity contribution in [3.63, 3.8) is 0 Å². The summed E-state index contributed by atoms with van der Waals surface area (Å²) < 4.78 is 5.48. The molecule has 0 spiro atoms. The quantitative estimate of drug-likeness (QED) is 0.187. The Morgan fingerprint density at radius 3 is 2.28 bits per heavy atom. The van der Waals surface area contributed by atoms with Gasteiger partial charge in [0.05, 0.1) is 18.8 Å². The minimum absolute atomic E-state index is 0.00603. The highest BCUT2D eigenvalue weighted by atomic mass is 16.5. The van der Waals surface area contributed by atoms with Crippen LogP contribution in [0, 0.1) is 56.7 Å². The molecule has 0 heterocycles.